The Morgan fingerprint density at radius 3 is 2.81 bits per heavy atom. The lowest BCUT2D eigenvalue weighted by molar-refractivity contribution is -0.135. The van der Waals surface area contributed by atoms with Crippen LogP contribution in [0.5, 0.6) is 0 Å². The predicted molar refractivity (Wildman–Crippen MR) is 109 cm³/mol. The maximum absolute atomic E-state index is 13.8. The summed E-state index contributed by atoms with van der Waals surface area (Å²) in [6, 6.07) is 3.01. The lowest BCUT2D eigenvalue weighted by atomic mass is 10.2. The number of halogens is 5. The molecule has 2 heterocycles. The van der Waals surface area contributed by atoms with Gasteiger partial charge in [0.15, 0.2) is 17.6 Å². The van der Waals surface area contributed by atoms with E-state index >= 15 is 0 Å². The molecule has 1 aliphatic rings. The van der Waals surface area contributed by atoms with Gasteiger partial charge < -0.3 is 15.5 Å². The monoisotopic (exact) mass is 503 g/mol. The van der Waals surface area contributed by atoms with Gasteiger partial charge in [-0.1, -0.05) is 0 Å². The van der Waals surface area contributed by atoms with Crippen LogP contribution in [-0.2, 0) is 0 Å². The molecule has 2 N–H and O–H groups in total. The van der Waals surface area contributed by atoms with Gasteiger partial charge in [0.05, 0.1) is 0 Å². The molecule has 5 nitrogen and oxygen atoms in total. The summed E-state index contributed by atoms with van der Waals surface area (Å²) in [5.41, 5.74) is 0. The van der Waals surface area contributed by atoms with Crippen molar-refractivity contribution in [2.75, 3.05) is 31.1 Å². The Labute approximate surface area is 174 Å². The van der Waals surface area contributed by atoms with Gasteiger partial charge in [0.1, 0.15) is 0 Å². The number of unbranched alkanes of at least 4 members (excludes halogenated alkanes) is 1. The zero-order valence-electron chi connectivity index (χ0n) is 15.2. The first-order valence-electron chi connectivity index (χ1n) is 8.86. The Bertz CT molecular complexity index is 597. The molecule has 0 aliphatic carbocycles. The Kier molecular flexibility index (Phi) is 10.1. The number of aliphatic imine (C=N–C) groups is 1. The molecule has 1 unspecified atom stereocenters. The molecule has 1 aromatic rings. The molecule has 1 atom stereocenters. The second kappa shape index (κ2) is 11.5. The molecule has 1 saturated heterocycles. The molecule has 10 heteroatoms. The third kappa shape index (κ3) is 8.48. The van der Waals surface area contributed by atoms with E-state index in [4.69, 9.17) is 0 Å². The second-order valence-corrected chi connectivity index (χ2v) is 6.22. The van der Waals surface area contributed by atoms with E-state index in [0.29, 0.717) is 44.4 Å². The van der Waals surface area contributed by atoms with E-state index in [1.165, 1.54) is 6.07 Å². The van der Waals surface area contributed by atoms with Gasteiger partial charge in [0.2, 0.25) is 0 Å². The van der Waals surface area contributed by atoms with Crippen molar-refractivity contribution in [3.63, 3.8) is 0 Å². The first-order chi connectivity index (χ1) is 12.4. The predicted octanol–water partition coefficient (Wildman–Crippen LogP) is 3.71. The molecule has 154 valence electrons. The molecule has 0 amide bonds. The maximum Gasteiger partial charge on any atom is 0.389 e. The quantitative estimate of drug-likeness (QED) is 0.196. The molecule has 27 heavy (non-hydrogen) atoms. The fourth-order valence-corrected chi connectivity index (χ4v) is 2.82. The number of pyridine rings is 1. The number of hydrogen-bond acceptors (Lipinski definition) is 3. The van der Waals surface area contributed by atoms with Gasteiger partial charge in [-0.25, -0.2) is 9.37 Å². The highest BCUT2D eigenvalue weighted by Crippen LogP contribution is 2.22. The Morgan fingerprint density at radius 2 is 2.15 bits per heavy atom. The highest BCUT2D eigenvalue weighted by atomic mass is 127. The van der Waals surface area contributed by atoms with Crippen LogP contribution in [0, 0.1) is 5.82 Å². The van der Waals surface area contributed by atoms with E-state index in [1.807, 2.05) is 11.8 Å². The van der Waals surface area contributed by atoms with Crippen LogP contribution in [0.4, 0.5) is 23.4 Å². The molecule has 0 aromatic carbocycles. The fraction of sp³-hybridized carbons (Fsp3) is 0.647. The number of alkyl halides is 3. The summed E-state index contributed by atoms with van der Waals surface area (Å²) < 4.78 is 50.3. The summed E-state index contributed by atoms with van der Waals surface area (Å²) in [5.74, 6) is 0.567. The lowest BCUT2D eigenvalue weighted by Gasteiger charge is -2.20. The van der Waals surface area contributed by atoms with Gasteiger partial charge in [-0.05, 0) is 38.3 Å². The maximum atomic E-state index is 13.8. The highest BCUT2D eigenvalue weighted by molar-refractivity contribution is 14.0. The van der Waals surface area contributed by atoms with Crippen molar-refractivity contribution < 1.29 is 17.6 Å². The van der Waals surface area contributed by atoms with Crippen molar-refractivity contribution in [3.8, 4) is 0 Å². The van der Waals surface area contributed by atoms with Crippen LogP contribution in [0.15, 0.2) is 23.3 Å². The van der Waals surface area contributed by atoms with E-state index in [0.717, 1.165) is 6.42 Å². The largest absolute Gasteiger partial charge is 0.389 e. The van der Waals surface area contributed by atoms with Crippen molar-refractivity contribution in [1.29, 1.82) is 0 Å². The average molecular weight is 503 g/mol. The van der Waals surface area contributed by atoms with E-state index < -0.39 is 12.6 Å². The van der Waals surface area contributed by atoms with Crippen LogP contribution in [0.2, 0.25) is 0 Å². The Morgan fingerprint density at radius 1 is 1.37 bits per heavy atom. The molecule has 0 spiro atoms. The number of hydrogen-bond donors (Lipinski definition) is 2. The van der Waals surface area contributed by atoms with Crippen LogP contribution >= 0.6 is 24.0 Å². The number of aromatic nitrogens is 1. The van der Waals surface area contributed by atoms with Crippen molar-refractivity contribution >= 4 is 35.8 Å². The van der Waals surface area contributed by atoms with Crippen LogP contribution in [-0.4, -0.2) is 49.3 Å². The van der Waals surface area contributed by atoms with E-state index in [1.54, 1.807) is 12.3 Å². The zero-order chi connectivity index (χ0) is 19.0. The van der Waals surface area contributed by atoms with Gasteiger partial charge in [0.25, 0.3) is 0 Å². The average Bonchev–Trinajstić information content (AvgIpc) is 3.02. The first kappa shape index (κ1) is 23.7. The molecule has 0 saturated carbocycles. The molecule has 1 fully saturated rings. The Balaban J connectivity index is 0.00000364. The number of rotatable bonds is 7. The van der Waals surface area contributed by atoms with E-state index in [2.05, 4.69) is 20.6 Å². The lowest BCUT2D eigenvalue weighted by Crippen LogP contribution is -2.44. The highest BCUT2D eigenvalue weighted by Gasteiger charge is 2.26. The zero-order valence-corrected chi connectivity index (χ0v) is 17.6. The van der Waals surface area contributed by atoms with Crippen molar-refractivity contribution in [2.24, 2.45) is 4.99 Å². The minimum absolute atomic E-state index is 0. The molecular formula is C17H26F4IN5. The third-order valence-electron chi connectivity index (χ3n) is 4.05. The molecule has 1 aromatic heterocycles. The molecule has 0 bridgehead atoms. The second-order valence-electron chi connectivity index (χ2n) is 6.22. The SMILES string of the molecule is CCNC(=NCCCCC(F)(F)F)NC1CCN(c2ncccc2F)C1.I. The number of guanidine groups is 1. The van der Waals surface area contributed by atoms with Crippen molar-refractivity contribution in [1.82, 2.24) is 15.6 Å². The van der Waals surface area contributed by atoms with E-state index in [9.17, 15) is 17.6 Å². The minimum Gasteiger partial charge on any atom is -0.357 e. The molecule has 0 radical (unpaired) electrons. The number of anilines is 1. The summed E-state index contributed by atoms with van der Waals surface area (Å²) in [5, 5.41) is 6.36. The van der Waals surface area contributed by atoms with Crippen molar-refractivity contribution in [3.05, 3.63) is 24.1 Å². The van der Waals surface area contributed by atoms with Crippen LogP contribution in [0.3, 0.4) is 0 Å². The molecular weight excluding hydrogens is 477 g/mol. The van der Waals surface area contributed by atoms with Gasteiger partial charge >= 0.3 is 6.18 Å². The van der Waals surface area contributed by atoms with Gasteiger partial charge in [0, 0.05) is 44.8 Å². The summed E-state index contributed by atoms with van der Waals surface area (Å²) >= 11 is 0. The molecule has 1 aliphatic heterocycles. The third-order valence-corrected chi connectivity index (χ3v) is 4.05. The van der Waals surface area contributed by atoms with Gasteiger partial charge in [-0.3, -0.25) is 4.99 Å². The van der Waals surface area contributed by atoms with E-state index in [-0.39, 0.29) is 42.3 Å². The van der Waals surface area contributed by atoms with Crippen molar-refractivity contribution in [2.45, 2.75) is 44.8 Å². The normalized spacial score (nSPS) is 17.6. The summed E-state index contributed by atoms with van der Waals surface area (Å²) in [4.78, 5) is 10.3. The van der Waals surface area contributed by atoms with Gasteiger partial charge in [-0.2, -0.15) is 13.2 Å². The van der Waals surface area contributed by atoms with Crippen LogP contribution < -0.4 is 15.5 Å². The fourth-order valence-electron chi connectivity index (χ4n) is 2.82. The smallest absolute Gasteiger partial charge is 0.357 e. The summed E-state index contributed by atoms with van der Waals surface area (Å²) in [7, 11) is 0. The van der Waals surface area contributed by atoms with Gasteiger partial charge in [-0.15, -0.1) is 24.0 Å². The first-order valence-corrected chi connectivity index (χ1v) is 8.86. The van der Waals surface area contributed by atoms with Crippen LogP contribution in [0.1, 0.15) is 32.6 Å². The standard InChI is InChI=1S/C17H25F4N5.HI/c1-2-22-16(24-9-4-3-8-17(19,20)21)25-13-7-11-26(12-13)15-14(18)6-5-10-23-15;/h5-6,10,13H,2-4,7-9,11-12H2,1H3,(H2,22,24,25);1H. The number of nitrogens with zero attached hydrogens (tertiary/aromatic N) is 3. The minimum atomic E-state index is -4.11. The summed E-state index contributed by atoms with van der Waals surface area (Å²) in [6.07, 6.45) is -2.07. The van der Waals surface area contributed by atoms with Crippen LogP contribution in [0.25, 0.3) is 0 Å². The topological polar surface area (TPSA) is 52.6 Å². The molecule has 2 rings (SSSR count). The Hall–Kier alpha value is -1.33. The number of nitrogens with one attached hydrogen (secondary N) is 2. The summed E-state index contributed by atoms with van der Waals surface area (Å²) in [6.45, 7) is 4.17.